The van der Waals surface area contributed by atoms with Crippen LogP contribution in [0.2, 0.25) is 0 Å². The molecule has 0 unspecified atom stereocenters. The number of aliphatic hydroxyl groups excluding tert-OH is 1. The highest BCUT2D eigenvalue weighted by Gasteiger charge is 2.13. The first-order valence-electron chi connectivity index (χ1n) is 3.89. The fraction of sp³-hybridized carbons (Fsp3) is 0.875. The van der Waals surface area contributed by atoms with Gasteiger partial charge in [0.05, 0.1) is 6.07 Å². The highest BCUT2D eigenvalue weighted by Crippen LogP contribution is 1.98. The van der Waals surface area contributed by atoms with Crippen LogP contribution in [0, 0.1) is 11.3 Å². The lowest BCUT2D eigenvalue weighted by Crippen LogP contribution is -2.38. The van der Waals surface area contributed by atoms with Crippen molar-refractivity contribution in [1.29, 1.82) is 5.26 Å². The Morgan fingerprint density at radius 3 is 2.55 bits per heavy atom. The molecule has 0 aromatic heterocycles. The summed E-state index contributed by atoms with van der Waals surface area (Å²) >= 11 is 0. The van der Waals surface area contributed by atoms with Crippen LogP contribution >= 0.6 is 0 Å². The van der Waals surface area contributed by atoms with Crippen molar-refractivity contribution in [2.75, 3.05) is 13.2 Å². The zero-order valence-corrected chi connectivity index (χ0v) is 7.22. The minimum atomic E-state index is -0.435. The van der Waals surface area contributed by atoms with E-state index in [1.807, 2.05) is 13.8 Å². The number of rotatable bonds is 5. The number of hydrogen-bond acceptors (Lipinski definition) is 3. The van der Waals surface area contributed by atoms with Crippen LogP contribution in [-0.4, -0.2) is 23.8 Å². The van der Waals surface area contributed by atoms with Crippen molar-refractivity contribution in [3.63, 3.8) is 0 Å². The Kier molecular flexibility index (Phi) is 4.84. The predicted molar refractivity (Wildman–Crippen MR) is 44.0 cm³/mol. The van der Waals surface area contributed by atoms with Crippen molar-refractivity contribution in [3.05, 3.63) is 0 Å². The Morgan fingerprint density at radius 2 is 2.09 bits per heavy atom. The molecule has 0 fully saturated rings. The van der Waals surface area contributed by atoms with Gasteiger partial charge in [0.25, 0.3) is 0 Å². The van der Waals surface area contributed by atoms with Crippen molar-refractivity contribution < 1.29 is 5.11 Å². The maximum Gasteiger partial charge on any atom is 0.101 e. The van der Waals surface area contributed by atoms with E-state index >= 15 is 0 Å². The van der Waals surface area contributed by atoms with Gasteiger partial charge in [-0.1, -0.05) is 0 Å². The van der Waals surface area contributed by atoms with Crippen LogP contribution in [0.1, 0.15) is 26.7 Å². The van der Waals surface area contributed by atoms with E-state index in [9.17, 15) is 0 Å². The molecule has 0 aliphatic carbocycles. The minimum absolute atomic E-state index is 0.231. The summed E-state index contributed by atoms with van der Waals surface area (Å²) < 4.78 is 0. The third-order valence-corrected chi connectivity index (χ3v) is 1.43. The fourth-order valence-corrected chi connectivity index (χ4v) is 0.677. The van der Waals surface area contributed by atoms with Gasteiger partial charge in [0.2, 0.25) is 0 Å². The van der Waals surface area contributed by atoms with Gasteiger partial charge in [-0.3, -0.25) is 5.32 Å². The van der Waals surface area contributed by atoms with E-state index < -0.39 is 5.54 Å². The standard InChI is InChI=1S/C8H16N2O/c1-8(2,7-9)10-5-3-4-6-11/h10-11H,3-6H2,1-2H3. The van der Waals surface area contributed by atoms with Crippen LogP contribution in [-0.2, 0) is 0 Å². The average molecular weight is 156 g/mol. The van der Waals surface area contributed by atoms with Crippen molar-refractivity contribution in [1.82, 2.24) is 5.32 Å². The molecule has 3 nitrogen and oxygen atoms in total. The number of hydrogen-bond donors (Lipinski definition) is 2. The summed E-state index contributed by atoms with van der Waals surface area (Å²) in [5.41, 5.74) is -0.435. The lowest BCUT2D eigenvalue weighted by atomic mass is 10.1. The molecule has 0 bridgehead atoms. The summed E-state index contributed by atoms with van der Waals surface area (Å²) in [6.45, 7) is 4.70. The second kappa shape index (κ2) is 5.11. The minimum Gasteiger partial charge on any atom is -0.396 e. The summed E-state index contributed by atoms with van der Waals surface area (Å²) in [7, 11) is 0. The molecule has 0 heterocycles. The summed E-state index contributed by atoms with van der Waals surface area (Å²) in [4.78, 5) is 0. The number of aliphatic hydroxyl groups is 1. The first kappa shape index (κ1) is 10.4. The van der Waals surface area contributed by atoms with E-state index in [0.29, 0.717) is 0 Å². The molecule has 0 amide bonds. The fourth-order valence-electron chi connectivity index (χ4n) is 0.677. The number of nitriles is 1. The molecule has 0 spiro atoms. The Morgan fingerprint density at radius 1 is 1.45 bits per heavy atom. The van der Waals surface area contributed by atoms with Gasteiger partial charge >= 0.3 is 0 Å². The van der Waals surface area contributed by atoms with Crippen LogP contribution in [0.15, 0.2) is 0 Å². The van der Waals surface area contributed by atoms with Gasteiger partial charge in [-0.25, -0.2) is 0 Å². The van der Waals surface area contributed by atoms with Crippen LogP contribution in [0.25, 0.3) is 0 Å². The molecule has 0 aromatic rings. The Hall–Kier alpha value is -0.590. The van der Waals surface area contributed by atoms with Gasteiger partial charge in [-0.05, 0) is 33.2 Å². The molecule has 0 saturated carbocycles. The molecule has 2 N–H and O–H groups in total. The summed E-state index contributed by atoms with van der Waals surface area (Å²) in [5.74, 6) is 0. The molecule has 0 rings (SSSR count). The second-order valence-electron chi connectivity index (χ2n) is 3.09. The van der Waals surface area contributed by atoms with Crippen molar-refractivity contribution >= 4 is 0 Å². The van der Waals surface area contributed by atoms with E-state index in [4.69, 9.17) is 10.4 Å². The van der Waals surface area contributed by atoms with Gasteiger partial charge in [-0.2, -0.15) is 5.26 Å². The molecule has 0 aromatic carbocycles. The van der Waals surface area contributed by atoms with Gasteiger partial charge in [0.1, 0.15) is 5.54 Å². The quantitative estimate of drug-likeness (QED) is 0.575. The van der Waals surface area contributed by atoms with Crippen molar-refractivity contribution in [3.8, 4) is 6.07 Å². The Labute approximate surface area is 68.0 Å². The van der Waals surface area contributed by atoms with Gasteiger partial charge in [-0.15, -0.1) is 0 Å². The lowest BCUT2D eigenvalue weighted by molar-refractivity contribution is 0.281. The highest BCUT2D eigenvalue weighted by atomic mass is 16.2. The van der Waals surface area contributed by atoms with Crippen molar-refractivity contribution in [2.24, 2.45) is 0 Å². The number of nitrogens with zero attached hydrogens (tertiary/aromatic N) is 1. The summed E-state index contributed by atoms with van der Waals surface area (Å²) in [6, 6.07) is 2.14. The molecule has 3 heteroatoms. The molecular formula is C8H16N2O. The van der Waals surface area contributed by atoms with Crippen LogP contribution in [0.3, 0.4) is 0 Å². The van der Waals surface area contributed by atoms with Crippen LogP contribution in [0.4, 0.5) is 0 Å². The molecule has 64 valence electrons. The molecule has 0 aliphatic rings. The van der Waals surface area contributed by atoms with E-state index in [2.05, 4.69) is 11.4 Å². The Bertz CT molecular complexity index is 138. The zero-order chi connectivity index (χ0) is 8.74. The van der Waals surface area contributed by atoms with Crippen LogP contribution < -0.4 is 5.32 Å². The summed E-state index contributed by atoms with van der Waals surface area (Å²) in [5, 5.41) is 20.1. The van der Waals surface area contributed by atoms with Crippen molar-refractivity contribution in [2.45, 2.75) is 32.2 Å². The molecule has 11 heavy (non-hydrogen) atoms. The van der Waals surface area contributed by atoms with Gasteiger partial charge in [0, 0.05) is 6.61 Å². The van der Waals surface area contributed by atoms with Crippen LogP contribution in [0.5, 0.6) is 0 Å². The third-order valence-electron chi connectivity index (χ3n) is 1.43. The monoisotopic (exact) mass is 156 g/mol. The maximum atomic E-state index is 8.59. The SMILES string of the molecule is CC(C)(C#N)NCCCCO. The molecular weight excluding hydrogens is 140 g/mol. The molecule has 0 atom stereocenters. The number of unbranched alkanes of at least 4 members (excludes halogenated alkanes) is 1. The third kappa shape index (κ3) is 5.84. The second-order valence-corrected chi connectivity index (χ2v) is 3.09. The van der Waals surface area contributed by atoms with Gasteiger partial charge < -0.3 is 5.11 Å². The maximum absolute atomic E-state index is 8.59. The predicted octanol–water partition coefficient (Wildman–Crippen LogP) is 0.651. The highest BCUT2D eigenvalue weighted by molar-refractivity contribution is 4.99. The largest absolute Gasteiger partial charge is 0.396 e. The average Bonchev–Trinajstić information content (AvgIpc) is 1.99. The lowest BCUT2D eigenvalue weighted by Gasteiger charge is -2.16. The topological polar surface area (TPSA) is 56.0 Å². The van der Waals surface area contributed by atoms with E-state index in [1.54, 1.807) is 0 Å². The van der Waals surface area contributed by atoms with Gasteiger partial charge in [0.15, 0.2) is 0 Å². The molecule has 0 aliphatic heterocycles. The van der Waals surface area contributed by atoms with E-state index in [1.165, 1.54) is 0 Å². The van der Waals surface area contributed by atoms with E-state index in [0.717, 1.165) is 19.4 Å². The summed E-state index contributed by atoms with van der Waals surface area (Å²) in [6.07, 6.45) is 1.72. The first-order chi connectivity index (χ1) is 5.12. The smallest absolute Gasteiger partial charge is 0.101 e. The van der Waals surface area contributed by atoms with E-state index in [-0.39, 0.29) is 6.61 Å². The number of nitrogens with one attached hydrogen (secondary N) is 1. The molecule has 0 radical (unpaired) electrons. The zero-order valence-electron chi connectivity index (χ0n) is 7.22. The Balaban J connectivity index is 3.32. The molecule has 0 saturated heterocycles. The normalized spacial score (nSPS) is 11.1. The first-order valence-corrected chi connectivity index (χ1v) is 3.89.